The molecule has 172 valence electrons. The molecule has 2 N–H and O–H groups in total. The summed E-state index contributed by atoms with van der Waals surface area (Å²) in [5.74, 6) is -0.305. The number of ether oxygens (including phenoxy) is 2. The molecule has 2 amide bonds. The second-order valence-corrected chi connectivity index (χ2v) is 7.80. The molecular weight excluding hydrogens is 485 g/mol. The van der Waals surface area contributed by atoms with Crippen molar-refractivity contribution in [1.29, 1.82) is 0 Å². The first-order chi connectivity index (χ1) is 16.3. The molecule has 4 rings (SSSR count). The molecule has 1 aliphatic rings. The summed E-state index contributed by atoms with van der Waals surface area (Å²) in [5, 5.41) is 16.4. The van der Waals surface area contributed by atoms with Crippen molar-refractivity contribution in [2.45, 2.75) is 0 Å². The molecule has 0 saturated carbocycles. The zero-order valence-electron chi connectivity index (χ0n) is 17.2. The number of rotatable bonds is 6. The second kappa shape index (κ2) is 9.82. The summed E-state index contributed by atoms with van der Waals surface area (Å²) in [6.45, 7) is 0.0778. The maximum Gasteiger partial charge on any atom is 0.289 e. The first-order valence-electron chi connectivity index (χ1n) is 9.74. The number of nitro benzene ring substituents is 1. The van der Waals surface area contributed by atoms with E-state index in [1.165, 1.54) is 24.3 Å². The Hall–Kier alpha value is -4.08. The summed E-state index contributed by atoms with van der Waals surface area (Å²) in [6, 6.07) is 15.2. The predicted molar refractivity (Wildman–Crippen MR) is 126 cm³/mol. The Morgan fingerprint density at radius 3 is 2.50 bits per heavy atom. The summed E-state index contributed by atoms with van der Waals surface area (Å²) in [7, 11) is 0. The average molecular weight is 500 g/mol. The van der Waals surface area contributed by atoms with Crippen molar-refractivity contribution in [3.63, 3.8) is 0 Å². The van der Waals surface area contributed by atoms with E-state index < -0.39 is 16.7 Å². The lowest BCUT2D eigenvalue weighted by Gasteiger charge is -2.12. The summed E-state index contributed by atoms with van der Waals surface area (Å²) in [6.07, 6.45) is 1.43. The number of carbonyl (C=O) groups excluding carboxylic acids is 2. The smallest absolute Gasteiger partial charge is 0.289 e. The molecule has 0 bridgehead atoms. The molecule has 3 aromatic rings. The van der Waals surface area contributed by atoms with E-state index in [9.17, 15) is 19.7 Å². The molecule has 0 radical (unpaired) electrons. The van der Waals surface area contributed by atoms with E-state index in [1.54, 1.807) is 36.4 Å². The molecule has 1 heterocycles. The van der Waals surface area contributed by atoms with Crippen LogP contribution in [0.1, 0.15) is 15.9 Å². The highest BCUT2D eigenvalue weighted by atomic mass is 35.5. The first-order valence-corrected chi connectivity index (χ1v) is 10.5. The van der Waals surface area contributed by atoms with Gasteiger partial charge in [0.15, 0.2) is 11.5 Å². The predicted octanol–water partition coefficient (Wildman–Crippen LogP) is 5.04. The van der Waals surface area contributed by atoms with Crippen LogP contribution in [-0.2, 0) is 4.79 Å². The molecular formula is C23H15Cl2N3O6. The lowest BCUT2D eigenvalue weighted by atomic mass is 10.1. The van der Waals surface area contributed by atoms with Crippen molar-refractivity contribution in [3.8, 4) is 11.5 Å². The normalized spacial score (nSPS) is 12.2. The van der Waals surface area contributed by atoms with Gasteiger partial charge in [-0.2, -0.15) is 0 Å². The summed E-state index contributed by atoms with van der Waals surface area (Å²) in [5.41, 5.74) is 0.304. The van der Waals surface area contributed by atoms with Crippen LogP contribution < -0.4 is 20.1 Å². The molecule has 1 aliphatic heterocycles. The van der Waals surface area contributed by atoms with Gasteiger partial charge in [-0.1, -0.05) is 41.4 Å². The summed E-state index contributed by atoms with van der Waals surface area (Å²) in [4.78, 5) is 36.4. The highest BCUT2D eigenvalue weighted by molar-refractivity contribution is 6.34. The highest BCUT2D eigenvalue weighted by Gasteiger charge is 2.20. The monoisotopic (exact) mass is 499 g/mol. The van der Waals surface area contributed by atoms with Crippen LogP contribution in [0.3, 0.4) is 0 Å². The third-order valence-electron chi connectivity index (χ3n) is 4.72. The minimum atomic E-state index is -0.727. The van der Waals surface area contributed by atoms with Gasteiger partial charge in [0.2, 0.25) is 6.79 Å². The highest BCUT2D eigenvalue weighted by Crippen LogP contribution is 2.33. The largest absolute Gasteiger partial charge is 0.454 e. The molecule has 3 aromatic carbocycles. The number of halogens is 2. The van der Waals surface area contributed by atoms with Gasteiger partial charge < -0.3 is 20.1 Å². The number of nitrogens with zero attached hydrogens (tertiary/aromatic N) is 1. The fraction of sp³-hybridized carbons (Fsp3) is 0.0435. The Labute approximate surface area is 203 Å². The van der Waals surface area contributed by atoms with Crippen LogP contribution in [0.2, 0.25) is 10.0 Å². The lowest BCUT2D eigenvalue weighted by molar-refractivity contribution is -0.384. The second-order valence-electron chi connectivity index (χ2n) is 6.98. The number of carbonyl (C=O) groups is 2. The van der Waals surface area contributed by atoms with Crippen LogP contribution in [0.4, 0.5) is 11.4 Å². The third kappa shape index (κ3) is 5.11. The average Bonchev–Trinajstić information content (AvgIpc) is 3.28. The number of nitro groups is 1. The van der Waals surface area contributed by atoms with Gasteiger partial charge in [0.05, 0.1) is 15.5 Å². The van der Waals surface area contributed by atoms with Gasteiger partial charge in [-0.25, -0.2) is 0 Å². The Morgan fingerprint density at radius 1 is 0.971 bits per heavy atom. The Bertz CT molecular complexity index is 1340. The van der Waals surface area contributed by atoms with Crippen molar-refractivity contribution in [3.05, 3.63) is 97.6 Å². The number of hydrogen-bond donors (Lipinski definition) is 2. The number of nitrogens with one attached hydrogen (secondary N) is 2. The molecule has 34 heavy (non-hydrogen) atoms. The zero-order chi connectivity index (χ0) is 24.2. The van der Waals surface area contributed by atoms with E-state index in [0.29, 0.717) is 17.1 Å². The van der Waals surface area contributed by atoms with Crippen LogP contribution in [0.25, 0.3) is 6.08 Å². The van der Waals surface area contributed by atoms with Gasteiger partial charge in [-0.15, -0.1) is 0 Å². The van der Waals surface area contributed by atoms with Crippen LogP contribution in [-0.4, -0.2) is 23.5 Å². The van der Waals surface area contributed by atoms with E-state index >= 15 is 0 Å². The van der Waals surface area contributed by atoms with Gasteiger partial charge in [0.1, 0.15) is 10.7 Å². The van der Waals surface area contributed by atoms with Crippen LogP contribution >= 0.6 is 23.2 Å². The molecule has 0 spiro atoms. The number of amides is 2. The van der Waals surface area contributed by atoms with E-state index in [-0.39, 0.29) is 39.5 Å². The Balaban J connectivity index is 1.66. The molecule has 0 unspecified atom stereocenters. The van der Waals surface area contributed by atoms with Crippen molar-refractivity contribution in [2.75, 3.05) is 12.1 Å². The zero-order valence-corrected chi connectivity index (χ0v) is 18.7. The molecule has 11 heteroatoms. The quantitative estimate of drug-likeness (QED) is 0.278. The fourth-order valence-corrected chi connectivity index (χ4v) is 3.50. The number of hydrogen-bond acceptors (Lipinski definition) is 6. The van der Waals surface area contributed by atoms with Gasteiger partial charge >= 0.3 is 0 Å². The van der Waals surface area contributed by atoms with Crippen molar-refractivity contribution in [2.24, 2.45) is 0 Å². The third-order valence-corrected chi connectivity index (χ3v) is 5.37. The van der Waals surface area contributed by atoms with E-state index in [1.807, 2.05) is 0 Å². The Kier molecular flexibility index (Phi) is 6.67. The fourth-order valence-electron chi connectivity index (χ4n) is 3.09. The topological polar surface area (TPSA) is 120 Å². The Morgan fingerprint density at radius 2 is 1.74 bits per heavy atom. The van der Waals surface area contributed by atoms with E-state index in [2.05, 4.69) is 10.6 Å². The molecule has 0 saturated heterocycles. The lowest BCUT2D eigenvalue weighted by Crippen LogP contribution is -2.31. The van der Waals surface area contributed by atoms with E-state index in [4.69, 9.17) is 32.7 Å². The summed E-state index contributed by atoms with van der Waals surface area (Å²) < 4.78 is 10.6. The molecule has 0 aliphatic carbocycles. The number of fused-ring (bicyclic) bond motifs is 1. The maximum atomic E-state index is 13.1. The minimum Gasteiger partial charge on any atom is -0.454 e. The van der Waals surface area contributed by atoms with Gasteiger partial charge in [0.25, 0.3) is 17.5 Å². The van der Waals surface area contributed by atoms with E-state index in [0.717, 1.165) is 6.07 Å². The molecule has 0 aromatic heterocycles. The number of anilines is 1. The van der Waals surface area contributed by atoms with Crippen LogP contribution in [0, 0.1) is 10.1 Å². The van der Waals surface area contributed by atoms with Gasteiger partial charge in [-0.05, 0) is 48.0 Å². The maximum absolute atomic E-state index is 13.1. The van der Waals surface area contributed by atoms with Crippen molar-refractivity contribution >= 4 is 52.5 Å². The van der Waals surface area contributed by atoms with Crippen molar-refractivity contribution in [1.82, 2.24) is 5.32 Å². The number of benzene rings is 3. The van der Waals surface area contributed by atoms with Crippen LogP contribution in [0.5, 0.6) is 11.5 Å². The summed E-state index contributed by atoms with van der Waals surface area (Å²) >= 11 is 11.9. The molecule has 0 fully saturated rings. The minimum absolute atomic E-state index is 0.0776. The van der Waals surface area contributed by atoms with Gasteiger partial charge in [0, 0.05) is 11.8 Å². The molecule has 0 atom stereocenters. The molecule has 9 nitrogen and oxygen atoms in total. The van der Waals surface area contributed by atoms with Gasteiger partial charge in [-0.3, -0.25) is 19.7 Å². The standard InChI is InChI=1S/C23H15Cl2N3O6/c24-16-4-2-1-3-15(16)22(29)27-18(9-13-5-8-20-21(10-13)34-12-33-20)23(30)26-14-6-7-17(25)19(11-14)28(31)32/h1-11H,12H2,(H,26,30)(H,27,29)/b18-9+. The SMILES string of the molecule is O=C(Nc1ccc(Cl)c([N+](=O)[O-])c1)/C(=C\c1ccc2c(c1)OCO2)NC(=O)c1ccccc1Cl. The first kappa shape index (κ1) is 23.1. The van der Waals surface area contributed by atoms with Crippen LogP contribution in [0.15, 0.2) is 66.4 Å². The van der Waals surface area contributed by atoms with Crippen molar-refractivity contribution < 1.29 is 24.0 Å².